The number of nitrogens with zero attached hydrogens (tertiary/aromatic N) is 1. The molecule has 1 unspecified atom stereocenters. The molecule has 1 heterocycles. The van der Waals surface area contributed by atoms with Crippen LogP contribution >= 0.6 is 0 Å². The number of aromatic nitrogens is 1. The topological polar surface area (TPSA) is 102 Å². The first-order valence-electron chi connectivity index (χ1n) is 4.93. The van der Waals surface area contributed by atoms with E-state index in [4.69, 9.17) is 4.42 Å². The Balaban J connectivity index is 2.56. The molecule has 2 N–H and O–H groups in total. The van der Waals surface area contributed by atoms with Crippen molar-refractivity contribution in [1.29, 1.82) is 0 Å². The SMILES string of the molecule is COC(=O)C(O)CNC(=O)c1oc(C)nc1C. The number of methoxy groups -OCH3 is 1. The van der Waals surface area contributed by atoms with Gasteiger partial charge in [0.1, 0.15) is 0 Å². The Kier molecular flexibility index (Phi) is 4.22. The van der Waals surface area contributed by atoms with E-state index in [0.717, 1.165) is 7.11 Å². The van der Waals surface area contributed by atoms with Gasteiger partial charge in [-0.05, 0) is 6.92 Å². The van der Waals surface area contributed by atoms with Crippen molar-refractivity contribution in [2.24, 2.45) is 0 Å². The number of aryl methyl sites for hydroxylation is 2. The summed E-state index contributed by atoms with van der Waals surface area (Å²) in [5.41, 5.74) is 0.451. The molecule has 1 atom stereocenters. The number of carbonyl (C=O) groups is 2. The molecular weight excluding hydrogens is 228 g/mol. The summed E-state index contributed by atoms with van der Waals surface area (Å²) in [6.45, 7) is 3.00. The highest BCUT2D eigenvalue weighted by molar-refractivity contribution is 5.92. The van der Waals surface area contributed by atoms with Crippen molar-refractivity contribution in [3.63, 3.8) is 0 Å². The van der Waals surface area contributed by atoms with E-state index in [0.29, 0.717) is 11.6 Å². The van der Waals surface area contributed by atoms with Gasteiger partial charge in [0.15, 0.2) is 12.0 Å². The molecule has 0 aliphatic rings. The molecule has 1 rings (SSSR count). The second-order valence-electron chi connectivity index (χ2n) is 3.40. The van der Waals surface area contributed by atoms with Crippen LogP contribution in [0.25, 0.3) is 0 Å². The quantitative estimate of drug-likeness (QED) is 0.694. The Bertz CT molecular complexity index is 426. The number of aliphatic hydroxyl groups is 1. The third kappa shape index (κ3) is 3.28. The average molecular weight is 242 g/mol. The van der Waals surface area contributed by atoms with Crippen LogP contribution in [0.15, 0.2) is 4.42 Å². The van der Waals surface area contributed by atoms with Gasteiger partial charge in [0.05, 0.1) is 19.3 Å². The Labute approximate surface area is 97.8 Å². The Morgan fingerprint density at radius 2 is 2.18 bits per heavy atom. The molecule has 0 spiro atoms. The number of aliphatic hydroxyl groups excluding tert-OH is 1. The van der Waals surface area contributed by atoms with Gasteiger partial charge in [-0.1, -0.05) is 0 Å². The largest absolute Gasteiger partial charge is 0.467 e. The van der Waals surface area contributed by atoms with Crippen LogP contribution in [0.4, 0.5) is 0 Å². The second kappa shape index (κ2) is 5.44. The van der Waals surface area contributed by atoms with Crippen LogP contribution in [0.2, 0.25) is 0 Å². The van der Waals surface area contributed by atoms with Crippen molar-refractivity contribution in [2.75, 3.05) is 13.7 Å². The molecule has 0 aliphatic carbocycles. The normalized spacial score (nSPS) is 12.0. The van der Waals surface area contributed by atoms with Gasteiger partial charge in [-0.2, -0.15) is 0 Å². The van der Waals surface area contributed by atoms with Gasteiger partial charge in [-0.25, -0.2) is 9.78 Å². The summed E-state index contributed by atoms with van der Waals surface area (Å²) in [7, 11) is 1.15. The third-order valence-corrected chi connectivity index (χ3v) is 2.04. The van der Waals surface area contributed by atoms with E-state index in [-0.39, 0.29) is 12.3 Å². The first-order valence-corrected chi connectivity index (χ1v) is 4.93. The summed E-state index contributed by atoms with van der Waals surface area (Å²) in [6, 6.07) is 0. The number of hydrogen-bond acceptors (Lipinski definition) is 6. The van der Waals surface area contributed by atoms with E-state index in [2.05, 4.69) is 15.0 Å². The molecule has 17 heavy (non-hydrogen) atoms. The summed E-state index contributed by atoms with van der Waals surface area (Å²) in [4.78, 5) is 26.4. The van der Waals surface area contributed by atoms with Gasteiger partial charge >= 0.3 is 5.97 Å². The summed E-state index contributed by atoms with van der Waals surface area (Å²) < 4.78 is 9.38. The molecule has 94 valence electrons. The maximum Gasteiger partial charge on any atom is 0.336 e. The van der Waals surface area contributed by atoms with Crippen molar-refractivity contribution in [3.05, 3.63) is 17.3 Å². The number of hydrogen-bond donors (Lipinski definition) is 2. The zero-order valence-corrected chi connectivity index (χ0v) is 9.81. The van der Waals surface area contributed by atoms with Gasteiger partial charge in [-0.3, -0.25) is 4.79 Å². The number of amides is 1. The number of rotatable bonds is 4. The maximum absolute atomic E-state index is 11.6. The minimum absolute atomic E-state index is 0.0690. The molecule has 0 saturated heterocycles. The van der Waals surface area contributed by atoms with Gasteiger partial charge < -0.3 is 19.6 Å². The fraction of sp³-hybridized carbons (Fsp3) is 0.500. The molecule has 1 aromatic rings. The van der Waals surface area contributed by atoms with Crippen molar-refractivity contribution in [2.45, 2.75) is 20.0 Å². The molecule has 0 radical (unpaired) electrons. The van der Waals surface area contributed by atoms with Crippen molar-refractivity contribution in [3.8, 4) is 0 Å². The van der Waals surface area contributed by atoms with Crippen molar-refractivity contribution >= 4 is 11.9 Å². The lowest BCUT2D eigenvalue weighted by Gasteiger charge is -2.08. The summed E-state index contributed by atoms with van der Waals surface area (Å²) in [5, 5.41) is 11.6. The summed E-state index contributed by atoms with van der Waals surface area (Å²) in [5.74, 6) is -0.900. The monoisotopic (exact) mass is 242 g/mol. The van der Waals surface area contributed by atoms with Crippen LogP contribution in [0.1, 0.15) is 22.1 Å². The minimum Gasteiger partial charge on any atom is -0.467 e. The van der Waals surface area contributed by atoms with E-state index in [1.165, 1.54) is 0 Å². The highest BCUT2D eigenvalue weighted by Gasteiger charge is 2.20. The zero-order chi connectivity index (χ0) is 13.0. The van der Waals surface area contributed by atoms with Crippen LogP contribution in [0.3, 0.4) is 0 Å². The second-order valence-corrected chi connectivity index (χ2v) is 3.40. The van der Waals surface area contributed by atoms with Gasteiger partial charge in [-0.15, -0.1) is 0 Å². The van der Waals surface area contributed by atoms with Crippen LogP contribution in [0, 0.1) is 13.8 Å². The number of ether oxygens (including phenoxy) is 1. The molecular formula is C10H14N2O5. The van der Waals surface area contributed by atoms with Crippen molar-refractivity contribution in [1.82, 2.24) is 10.3 Å². The molecule has 0 fully saturated rings. The number of esters is 1. The van der Waals surface area contributed by atoms with Crippen molar-refractivity contribution < 1.29 is 23.8 Å². The van der Waals surface area contributed by atoms with E-state index >= 15 is 0 Å². The van der Waals surface area contributed by atoms with E-state index in [1.54, 1.807) is 13.8 Å². The molecule has 7 nitrogen and oxygen atoms in total. The molecule has 0 saturated carbocycles. The zero-order valence-electron chi connectivity index (χ0n) is 9.81. The standard InChI is InChI=1S/C10H14N2O5/c1-5-8(17-6(2)12-5)9(14)11-4-7(13)10(15)16-3/h7,13H,4H2,1-3H3,(H,11,14). The fourth-order valence-corrected chi connectivity index (χ4v) is 1.23. The van der Waals surface area contributed by atoms with Gasteiger partial charge in [0.2, 0.25) is 5.76 Å². The molecule has 7 heteroatoms. The highest BCUT2D eigenvalue weighted by Crippen LogP contribution is 2.08. The summed E-state index contributed by atoms with van der Waals surface area (Å²) in [6.07, 6.45) is -1.40. The molecule has 0 aromatic carbocycles. The lowest BCUT2D eigenvalue weighted by Crippen LogP contribution is -2.37. The Hall–Kier alpha value is -1.89. The first-order chi connectivity index (χ1) is 7.95. The molecule has 1 amide bonds. The lowest BCUT2D eigenvalue weighted by molar-refractivity contribution is -0.149. The third-order valence-electron chi connectivity index (χ3n) is 2.04. The maximum atomic E-state index is 11.6. The Morgan fingerprint density at radius 3 is 2.65 bits per heavy atom. The van der Waals surface area contributed by atoms with Crippen LogP contribution in [0.5, 0.6) is 0 Å². The number of carbonyl (C=O) groups excluding carboxylic acids is 2. The van der Waals surface area contributed by atoms with E-state index in [9.17, 15) is 14.7 Å². The van der Waals surface area contributed by atoms with E-state index in [1.807, 2.05) is 0 Å². The van der Waals surface area contributed by atoms with E-state index < -0.39 is 18.0 Å². The number of nitrogens with one attached hydrogen (secondary N) is 1. The smallest absolute Gasteiger partial charge is 0.336 e. The first kappa shape index (κ1) is 13.2. The lowest BCUT2D eigenvalue weighted by atomic mass is 10.3. The van der Waals surface area contributed by atoms with Crippen LogP contribution < -0.4 is 5.32 Å². The molecule has 0 bridgehead atoms. The van der Waals surface area contributed by atoms with Gasteiger partial charge in [0, 0.05) is 6.92 Å². The number of oxazole rings is 1. The minimum atomic E-state index is -1.40. The highest BCUT2D eigenvalue weighted by atomic mass is 16.5. The fourth-order valence-electron chi connectivity index (χ4n) is 1.23. The van der Waals surface area contributed by atoms with Crippen LogP contribution in [-0.2, 0) is 9.53 Å². The predicted octanol–water partition coefficient (Wildman–Crippen LogP) is -0.445. The predicted molar refractivity (Wildman–Crippen MR) is 56.3 cm³/mol. The average Bonchev–Trinajstić information content (AvgIpc) is 2.63. The van der Waals surface area contributed by atoms with Gasteiger partial charge in [0.25, 0.3) is 5.91 Å². The van der Waals surface area contributed by atoms with Crippen LogP contribution in [-0.4, -0.2) is 41.7 Å². The molecule has 0 aliphatic heterocycles. The molecule has 1 aromatic heterocycles. The Morgan fingerprint density at radius 1 is 1.53 bits per heavy atom. The summed E-state index contributed by atoms with van der Waals surface area (Å²) >= 11 is 0.